The van der Waals surface area contributed by atoms with Gasteiger partial charge in [-0.1, -0.05) is 49.0 Å². The van der Waals surface area contributed by atoms with E-state index in [0.717, 1.165) is 39.9 Å². The van der Waals surface area contributed by atoms with E-state index in [9.17, 15) is 9.59 Å². The molecule has 0 amide bonds. The third-order valence-electron chi connectivity index (χ3n) is 6.18. The predicted molar refractivity (Wildman–Crippen MR) is 137 cm³/mol. The van der Waals surface area contributed by atoms with Gasteiger partial charge in [0.15, 0.2) is 10.9 Å². The Hall–Kier alpha value is -3.18. The number of Topliss-reactive ketones (excluding diaryl/α,β-unsaturated/α-hetero) is 1. The van der Waals surface area contributed by atoms with Crippen LogP contribution in [-0.4, -0.2) is 15.3 Å². The number of carbonyl (C=O) groups is 1. The van der Waals surface area contributed by atoms with Crippen molar-refractivity contribution in [1.29, 1.82) is 0 Å². The normalized spacial score (nSPS) is 11.2. The lowest BCUT2D eigenvalue weighted by Crippen LogP contribution is -2.21. The number of para-hydroxylation sites is 1. The van der Waals surface area contributed by atoms with Gasteiger partial charge in [-0.15, -0.1) is 0 Å². The zero-order chi connectivity index (χ0) is 23.7. The number of rotatable bonds is 6. The molecule has 168 valence electrons. The molecule has 0 saturated heterocycles. The Bertz CT molecular complexity index is 1420. The fourth-order valence-corrected chi connectivity index (χ4v) is 5.64. The van der Waals surface area contributed by atoms with Crippen molar-refractivity contribution in [2.24, 2.45) is 0 Å². The van der Waals surface area contributed by atoms with Gasteiger partial charge >= 0.3 is 0 Å². The van der Waals surface area contributed by atoms with Crippen molar-refractivity contribution in [2.45, 2.75) is 51.9 Å². The van der Waals surface area contributed by atoms with E-state index in [0.29, 0.717) is 21.8 Å². The Morgan fingerprint density at radius 1 is 1.00 bits per heavy atom. The molecule has 33 heavy (non-hydrogen) atoms. The van der Waals surface area contributed by atoms with Crippen LogP contribution in [0.25, 0.3) is 16.6 Å². The molecule has 3 aromatic carbocycles. The van der Waals surface area contributed by atoms with Gasteiger partial charge in [-0.2, -0.15) is 0 Å². The maximum atomic E-state index is 13.5. The molecular formula is C28H28N2O2S. The van der Waals surface area contributed by atoms with Gasteiger partial charge in [0.2, 0.25) is 0 Å². The van der Waals surface area contributed by atoms with Crippen LogP contribution in [0.4, 0.5) is 0 Å². The van der Waals surface area contributed by atoms with Crippen molar-refractivity contribution in [1.82, 2.24) is 9.55 Å². The number of hydrogen-bond acceptors (Lipinski definition) is 4. The number of nitrogens with zero attached hydrogens (tertiary/aromatic N) is 2. The number of aryl methyl sites for hydroxylation is 3. The molecule has 0 fully saturated rings. The second kappa shape index (κ2) is 9.36. The maximum absolute atomic E-state index is 13.5. The van der Waals surface area contributed by atoms with E-state index in [4.69, 9.17) is 4.98 Å². The van der Waals surface area contributed by atoms with Crippen LogP contribution in [0.3, 0.4) is 0 Å². The number of hydrogen-bond donors (Lipinski definition) is 0. The highest BCUT2D eigenvalue weighted by Gasteiger charge is 2.17. The summed E-state index contributed by atoms with van der Waals surface area (Å²) >= 11 is 1.53. The van der Waals surface area contributed by atoms with Crippen molar-refractivity contribution in [3.63, 3.8) is 0 Å². The fraction of sp³-hybridized carbons (Fsp3) is 0.250. The molecule has 1 heterocycles. The molecule has 0 bridgehead atoms. The van der Waals surface area contributed by atoms with Crippen LogP contribution in [0.2, 0.25) is 0 Å². The van der Waals surface area contributed by atoms with Crippen LogP contribution < -0.4 is 5.56 Å². The quantitative estimate of drug-likeness (QED) is 0.192. The summed E-state index contributed by atoms with van der Waals surface area (Å²) in [6, 6.07) is 17.6. The largest absolute Gasteiger partial charge is 0.294 e. The molecule has 0 saturated carbocycles. The molecule has 0 radical (unpaired) electrons. The molecule has 0 unspecified atom stereocenters. The highest BCUT2D eigenvalue weighted by molar-refractivity contribution is 7.98. The molecule has 0 spiro atoms. The zero-order valence-electron chi connectivity index (χ0n) is 19.7. The first-order valence-electron chi connectivity index (χ1n) is 11.2. The summed E-state index contributed by atoms with van der Waals surface area (Å²) in [5, 5.41) is 1.25. The first kappa shape index (κ1) is 23.0. The van der Waals surface area contributed by atoms with Crippen LogP contribution >= 0.6 is 11.8 Å². The number of ketones is 1. The Balaban J connectivity index is 1.84. The second-order valence-corrected chi connectivity index (χ2v) is 9.35. The Morgan fingerprint density at radius 3 is 2.36 bits per heavy atom. The first-order valence-corrected chi connectivity index (χ1v) is 12.1. The van der Waals surface area contributed by atoms with E-state index in [1.54, 1.807) is 11.5 Å². The molecule has 4 rings (SSSR count). The van der Waals surface area contributed by atoms with Crippen molar-refractivity contribution in [2.75, 3.05) is 0 Å². The molecule has 0 atom stereocenters. The van der Waals surface area contributed by atoms with Gasteiger partial charge in [-0.3, -0.25) is 14.2 Å². The smallest absolute Gasteiger partial charge is 0.266 e. The minimum atomic E-state index is -0.0749. The topological polar surface area (TPSA) is 52.0 Å². The molecule has 0 N–H and O–H groups in total. The van der Waals surface area contributed by atoms with E-state index in [1.807, 2.05) is 50.2 Å². The van der Waals surface area contributed by atoms with Gasteiger partial charge in [0, 0.05) is 11.3 Å². The van der Waals surface area contributed by atoms with E-state index in [-0.39, 0.29) is 11.3 Å². The van der Waals surface area contributed by atoms with Crippen molar-refractivity contribution in [3.05, 3.63) is 98.3 Å². The van der Waals surface area contributed by atoms with Crippen LogP contribution in [0.5, 0.6) is 0 Å². The second-order valence-electron chi connectivity index (χ2n) is 8.41. The molecule has 4 nitrogen and oxygen atoms in total. The Kier molecular flexibility index (Phi) is 6.52. The number of fused-ring (bicyclic) bond motifs is 1. The highest BCUT2D eigenvalue weighted by atomic mass is 32.2. The van der Waals surface area contributed by atoms with E-state index < -0.39 is 0 Å². The van der Waals surface area contributed by atoms with Gasteiger partial charge in [0.25, 0.3) is 5.56 Å². The van der Waals surface area contributed by atoms with Crippen molar-refractivity contribution in [3.8, 4) is 5.69 Å². The number of aromatic nitrogens is 2. The number of carbonyl (C=O) groups excluding carboxylic acids is 1. The van der Waals surface area contributed by atoms with Crippen LogP contribution in [-0.2, 0) is 12.2 Å². The van der Waals surface area contributed by atoms with Gasteiger partial charge in [-0.05, 0) is 86.2 Å². The van der Waals surface area contributed by atoms with Gasteiger partial charge in [0.05, 0.1) is 16.6 Å². The summed E-state index contributed by atoms with van der Waals surface area (Å²) in [4.78, 5) is 30.6. The van der Waals surface area contributed by atoms with Gasteiger partial charge < -0.3 is 0 Å². The van der Waals surface area contributed by atoms with E-state index in [2.05, 4.69) is 32.0 Å². The van der Waals surface area contributed by atoms with Gasteiger partial charge in [-0.25, -0.2) is 4.98 Å². The summed E-state index contributed by atoms with van der Waals surface area (Å²) in [7, 11) is 0. The molecule has 0 aliphatic carbocycles. The zero-order valence-corrected chi connectivity index (χ0v) is 20.5. The third-order valence-corrected chi connectivity index (χ3v) is 7.14. The third kappa shape index (κ3) is 4.38. The van der Waals surface area contributed by atoms with Crippen molar-refractivity contribution < 1.29 is 4.79 Å². The average Bonchev–Trinajstić information content (AvgIpc) is 2.79. The fourth-order valence-electron chi connectivity index (χ4n) is 4.44. The maximum Gasteiger partial charge on any atom is 0.266 e. The first-order chi connectivity index (χ1) is 15.8. The van der Waals surface area contributed by atoms with Crippen LogP contribution in [0.1, 0.15) is 52.0 Å². The Labute approximate surface area is 198 Å². The summed E-state index contributed by atoms with van der Waals surface area (Å²) in [5.41, 5.74) is 7.70. The lowest BCUT2D eigenvalue weighted by molar-refractivity contribution is 0.101. The molecule has 1 aromatic heterocycles. The lowest BCUT2D eigenvalue weighted by atomic mass is 9.92. The monoisotopic (exact) mass is 456 g/mol. The van der Waals surface area contributed by atoms with Crippen LogP contribution in [0, 0.1) is 20.8 Å². The molecular weight excluding hydrogens is 428 g/mol. The summed E-state index contributed by atoms with van der Waals surface area (Å²) in [6.45, 7) is 9.79. The standard InChI is InChI=1S/C28H28N2O2S/c1-6-21-11-13-22(14-12-21)30-27(32)23-9-7-8-10-25(23)29-28(30)33-16-24-17(2)15-18(3)26(19(24)4)20(5)31/h7-15H,6,16H2,1-5H3. The minimum absolute atomic E-state index is 0.0749. The summed E-state index contributed by atoms with van der Waals surface area (Å²) < 4.78 is 1.71. The number of benzene rings is 3. The predicted octanol–water partition coefficient (Wildman–Crippen LogP) is 6.37. The summed E-state index contributed by atoms with van der Waals surface area (Å²) in [5.74, 6) is 0.698. The molecule has 0 aliphatic heterocycles. The highest BCUT2D eigenvalue weighted by Crippen LogP contribution is 2.30. The van der Waals surface area contributed by atoms with E-state index >= 15 is 0 Å². The molecule has 0 aliphatic rings. The SMILES string of the molecule is CCc1ccc(-n2c(SCc3c(C)cc(C)c(C(C)=O)c3C)nc3ccccc3c2=O)cc1. The lowest BCUT2D eigenvalue weighted by Gasteiger charge is -2.17. The van der Waals surface area contributed by atoms with E-state index in [1.165, 1.54) is 17.3 Å². The molecule has 4 aromatic rings. The minimum Gasteiger partial charge on any atom is -0.294 e. The van der Waals surface area contributed by atoms with Crippen LogP contribution in [0.15, 0.2) is 64.5 Å². The number of thioether (sulfide) groups is 1. The van der Waals surface area contributed by atoms with Gasteiger partial charge in [0.1, 0.15) is 0 Å². The summed E-state index contributed by atoms with van der Waals surface area (Å²) in [6.07, 6.45) is 0.942. The average molecular weight is 457 g/mol. The molecule has 5 heteroatoms. The van der Waals surface area contributed by atoms with Crippen molar-refractivity contribution >= 4 is 28.4 Å². The Morgan fingerprint density at radius 2 is 1.70 bits per heavy atom.